The molecular weight excluding hydrogens is 326 g/mol. The van der Waals surface area contributed by atoms with Gasteiger partial charge in [0.1, 0.15) is 0 Å². The van der Waals surface area contributed by atoms with Gasteiger partial charge in [-0.3, -0.25) is 4.79 Å². The molecule has 1 aliphatic carbocycles. The van der Waals surface area contributed by atoms with E-state index in [4.69, 9.17) is 21.4 Å². The van der Waals surface area contributed by atoms with E-state index in [0.717, 1.165) is 37.9 Å². The summed E-state index contributed by atoms with van der Waals surface area (Å²) >= 11 is 4.87. The zero-order valence-corrected chi connectivity index (χ0v) is 14.0. The highest BCUT2D eigenvalue weighted by atomic mass is 32.1. The minimum atomic E-state index is -0.0398. The van der Waals surface area contributed by atoms with E-state index >= 15 is 0 Å². The molecule has 0 radical (unpaired) electrons. The lowest BCUT2D eigenvalue weighted by atomic mass is 9.81. The second kappa shape index (κ2) is 6.49. The summed E-state index contributed by atoms with van der Waals surface area (Å²) in [5, 5.41) is 9.76. The molecule has 1 amide bonds. The Morgan fingerprint density at radius 3 is 2.83 bits per heavy atom. The largest absolute Gasteiger partial charge is 0.409 e. The molecule has 3 atom stereocenters. The molecular formula is C17H19N3O3S. The standard InChI is InChI=1S/C17H19N3O3S/c21-15(18-13-2-1-3-14-12(13)8-9-22-14)10-4-6-11(7-5-10)16-19-20-17(24)23-16/h4-7,12-14H,1-3,8-9H2,(H,18,21)(H,20,24)/t12-,13+,14-/m0/s1. The molecule has 126 valence electrons. The van der Waals surface area contributed by atoms with Crippen molar-refractivity contribution in [2.75, 3.05) is 6.61 Å². The third-order valence-electron chi connectivity index (χ3n) is 4.93. The van der Waals surface area contributed by atoms with Crippen LogP contribution in [0.3, 0.4) is 0 Å². The highest BCUT2D eigenvalue weighted by molar-refractivity contribution is 7.71. The van der Waals surface area contributed by atoms with Gasteiger partial charge in [0.2, 0.25) is 5.89 Å². The Labute approximate surface area is 144 Å². The van der Waals surface area contributed by atoms with Crippen LogP contribution in [0.4, 0.5) is 0 Å². The predicted molar refractivity (Wildman–Crippen MR) is 90.1 cm³/mol. The quantitative estimate of drug-likeness (QED) is 0.836. The van der Waals surface area contributed by atoms with Gasteiger partial charge < -0.3 is 14.5 Å². The van der Waals surface area contributed by atoms with Crippen LogP contribution < -0.4 is 5.32 Å². The molecule has 0 spiro atoms. The maximum Gasteiger partial charge on any atom is 0.284 e. The third-order valence-corrected chi connectivity index (χ3v) is 5.10. The molecule has 2 fully saturated rings. The summed E-state index contributed by atoms with van der Waals surface area (Å²) in [5.74, 6) is 0.836. The highest BCUT2D eigenvalue weighted by Crippen LogP contribution is 2.34. The summed E-state index contributed by atoms with van der Waals surface area (Å²) in [6.07, 6.45) is 4.61. The number of benzene rings is 1. The Kier molecular flexibility index (Phi) is 4.20. The van der Waals surface area contributed by atoms with Gasteiger partial charge >= 0.3 is 0 Å². The van der Waals surface area contributed by atoms with Crippen LogP contribution in [0.5, 0.6) is 0 Å². The number of amides is 1. The summed E-state index contributed by atoms with van der Waals surface area (Å²) in [7, 11) is 0. The summed E-state index contributed by atoms with van der Waals surface area (Å²) in [6, 6.07) is 7.40. The second-order valence-electron chi connectivity index (χ2n) is 6.37. The van der Waals surface area contributed by atoms with Gasteiger partial charge in [0.25, 0.3) is 10.7 Å². The number of carbonyl (C=O) groups is 1. The van der Waals surface area contributed by atoms with Gasteiger partial charge in [0.05, 0.1) is 6.10 Å². The fraction of sp³-hybridized carbons (Fsp3) is 0.471. The van der Waals surface area contributed by atoms with Crippen LogP contribution in [-0.2, 0) is 4.74 Å². The number of H-pyrrole nitrogens is 1. The monoisotopic (exact) mass is 345 g/mol. The Morgan fingerprint density at radius 2 is 2.08 bits per heavy atom. The fourth-order valence-electron chi connectivity index (χ4n) is 3.72. The molecule has 1 aliphatic heterocycles. The number of ether oxygens (including phenoxy) is 1. The molecule has 6 nitrogen and oxygen atoms in total. The van der Waals surface area contributed by atoms with Crippen molar-refractivity contribution in [3.8, 4) is 11.5 Å². The Bertz CT molecular complexity index is 783. The number of nitrogens with one attached hydrogen (secondary N) is 2. The van der Waals surface area contributed by atoms with Gasteiger partial charge in [-0.25, -0.2) is 5.10 Å². The molecule has 0 bridgehead atoms. The molecule has 2 N–H and O–H groups in total. The number of nitrogens with zero attached hydrogens (tertiary/aromatic N) is 1. The van der Waals surface area contributed by atoms with E-state index < -0.39 is 0 Å². The summed E-state index contributed by atoms with van der Waals surface area (Å²) in [5.41, 5.74) is 1.41. The first-order chi connectivity index (χ1) is 11.7. The number of hydrogen-bond acceptors (Lipinski definition) is 5. The Balaban J connectivity index is 1.45. The van der Waals surface area contributed by atoms with E-state index in [2.05, 4.69) is 15.5 Å². The zero-order chi connectivity index (χ0) is 16.5. The Hall–Kier alpha value is -1.99. The van der Waals surface area contributed by atoms with Gasteiger partial charge in [-0.2, -0.15) is 0 Å². The lowest BCUT2D eigenvalue weighted by Crippen LogP contribution is -2.45. The first-order valence-electron chi connectivity index (χ1n) is 8.29. The lowest BCUT2D eigenvalue weighted by molar-refractivity contribution is 0.0510. The number of hydrogen-bond donors (Lipinski definition) is 2. The average Bonchev–Trinajstić information content (AvgIpc) is 3.24. The van der Waals surface area contributed by atoms with Crippen LogP contribution in [-0.4, -0.2) is 34.9 Å². The number of aromatic nitrogens is 2. The van der Waals surface area contributed by atoms with E-state index in [1.165, 1.54) is 0 Å². The molecule has 1 aromatic heterocycles. The van der Waals surface area contributed by atoms with E-state index in [0.29, 0.717) is 23.5 Å². The van der Waals surface area contributed by atoms with Crippen molar-refractivity contribution >= 4 is 18.1 Å². The molecule has 7 heteroatoms. The van der Waals surface area contributed by atoms with Crippen molar-refractivity contribution in [3.05, 3.63) is 34.7 Å². The van der Waals surface area contributed by atoms with E-state index in [1.807, 2.05) is 12.1 Å². The smallest absolute Gasteiger partial charge is 0.284 e. The Morgan fingerprint density at radius 1 is 1.25 bits per heavy atom. The van der Waals surface area contributed by atoms with Crippen LogP contribution in [0.25, 0.3) is 11.5 Å². The van der Waals surface area contributed by atoms with Gasteiger partial charge in [-0.1, -0.05) is 0 Å². The van der Waals surface area contributed by atoms with Crippen molar-refractivity contribution in [2.24, 2.45) is 5.92 Å². The van der Waals surface area contributed by atoms with Crippen molar-refractivity contribution in [3.63, 3.8) is 0 Å². The minimum Gasteiger partial charge on any atom is -0.409 e. The van der Waals surface area contributed by atoms with E-state index in [9.17, 15) is 4.79 Å². The molecule has 0 unspecified atom stereocenters. The maximum absolute atomic E-state index is 12.5. The summed E-state index contributed by atoms with van der Waals surface area (Å²) in [6.45, 7) is 0.814. The first kappa shape index (κ1) is 15.5. The third kappa shape index (κ3) is 3.01. The lowest BCUT2D eigenvalue weighted by Gasteiger charge is -2.33. The van der Waals surface area contributed by atoms with Crippen LogP contribution in [0.1, 0.15) is 36.0 Å². The maximum atomic E-state index is 12.5. The van der Waals surface area contributed by atoms with Crippen LogP contribution >= 0.6 is 12.2 Å². The van der Waals surface area contributed by atoms with Gasteiger partial charge in [0.15, 0.2) is 0 Å². The first-order valence-corrected chi connectivity index (χ1v) is 8.70. The van der Waals surface area contributed by atoms with Crippen molar-refractivity contribution in [1.29, 1.82) is 0 Å². The van der Waals surface area contributed by atoms with Crippen molar-refractivity contribution < 1.29 is 13.9 Å². The molecule has 1 saturated heterocycles. The number of fused-ring (bicyclic) bond motifs is 1. The number of carbonyl (C=O) groups excluding carboxylic acids is 1. The van der Waals surface area contributed by atoms with Crippen LogP contribution in [0.2, 0.25) is 0 Å². The molecule has 4 rings (SSSR count). The van der Waals surface area contributed by atoms with Gasteiger partial charge in [-0.15, -0.1) is 5.10 Å². The van der Waals surface area contributed by atoms with E-state index in [-0.39, 0.29) is 16.8 Å². The second-order valence-corrected chi connectivity index (χ2v) is 6.74. The van der Waals surface area contributed by atoms with Crippen LogP contribution in [0.15, 0.2) is 28.7 Å². The summed E-state index contributed by atoms with van der Waals surface area (Å²) < 4.78 is 11.0. The van der Waals surface area contributed by atoms with Crippen LogP contribution in [0, 0.1) is 10.8 Å². The molecule has 24 heavy (non-hydrogen) atoms. The minimum absolute atomic E-state index is 0.0398. The van der Waals surface area contributed by atoms with E-state index in [1.54, 1.807) is 12.1 Å². The highest BCUT2D eigenvalue weighted by Gasteiger charge is 2.38. The SMILES string of the molecule is O=C(N[C@@H]1CCC[C@@H]2OCC[C@H]21)c1ccc(-c2n[nH]c(=S)o2)cc1. The number of rotatable bonds is 3. The fourth-order valence-corrected chi connectivity index (χ4v) is 3.85. The molecule has 1 saturated carbocycles. The zero-order valence-electron chi connectivity index (χ0n) is 13.2. The number of aromatic amines is 1. The molecule has 1 aromatic carbocycles. The average molecular weight is 345 g/mol. The molecule has 2 heterocycles. The van der Waals surface area contributed by atoms with Crippen molar-refractivity contribution in [2.45, 2.75) is 37.8 Å². The summed E-state index contributed by atoms with van der Waals surface area (Å²) in [4.78, 5) is 12.8. The normalized spacial score (nSPS) is 26.1. The van der Waals surface area contributed by atoms with Crippen molar-refractivity contribution in [1.82, 2.24) is 15.5 Å². The van der Waals surface area contributed by atoms with Gasteiger partial charge in [-0.05, 0) is 62.2 Å². The molecule has 2 aliphatic rings. The topological polar surface area (TPSA) is 80.1 Å². The van der Waals surface area contributed by atoms with Gasteiger partial charge in [0, 0.05) is 29.7 Å². The molecule has 2 aromatic rings. The predicted octanol–water partition coefficient (Wildman–Crippen LogP) is 3.09.